The fraction of sp³-hybridized carbons (Fsp3) is 0.462. The van der Waals surface area contributed by atoms with Crippen molar-refractivity contribution in [1.82, 2.24) is 0 Å². The van der Waals surface area contributed by atoms with Crippen LogP contribution in [-0.4, -0.2) is 37.9 Å². The van der Waals surface area contributed by atoms with E-state index in [1.807, 2.05) is 0 Å². The Morgan fingerprint density at radius 3 is 2.90 bits per heavy atom. The van der Waals surface area contributed by atoms with E-state index in [1.54, 1.807) is 11.0 Å². The molecule has 8 heteroatoms. The number of methoxy groups -OCH3 is 2. The molecule has 1 saturated heterocycles. The fourth-order valence-corrected chi connectivity index (χ4v) is 2.50. The Hall–Kier alpha value is -2.60. The van der Waals surface area contributed by atoms with Gasteiger partial charge in [0.05, 0.1) is 25.6 Å². The quantitative estimate of drug-likeness (QED) is 0.397. The molecule has 0 aromatic heterocycles. The summed E-state index contributed by atoms with van der Waals surface area (Å²) in [5.74, 6) is -0.221. The predicted octanol–water partition coefficient (Wildman–Crippen LogP) is 2.48. The van der Waals surface area contributed by atoms with Gasteiger partial charge in [-0.15, -0.1) is 0 Å². The number of ether oxygens (including phenoxy) is 2. The number of nitrogens with zero attached hydrogens (tertiary/aromatic N) is 4. The number of anilines is 1. The lowest BCUT2D eigenvalue weighted by molar-refractivity contribution is -0.141. The zero-order valence-corrected chi connectivity index (χ0v) is 11.8. The molecule has 0 aliphatic carbocycles. The Morgan fingerprint density at radius 1 is 1.52 bits per heavy atom. The van der Waals surface area contributed by atoms with Gasteiger partial charge in [-0.1, -0.05) is 5.11 Å². The predicted molar refractivity (Wildman–Crippen MR) is 75.8 cm³/mol. The lowest BCUT2D eigenvalue weighted by Gasteiger charge is -2.26. The molecule has 1 heterocycles. The molecule has 0 amide bonds. The Kier molecular flexibility index (Phi) is 4.39. The second kappa shape index (κ2) is 6.23. The van der Waals surface area contributed by atoms with Crippen LogP contribution in [0, 0.1) is 0 Å². The van der Waals surface area contributed by atoms with E-state index in [2.05, 4.69) is 10.0 Å². The lowest BCUT2D eigenvalue weighted by atomic mass is 10.2. The van der Waals surface area contributed by atoms with Gasteiger partial charge in [0.15, 0.2) is 11.5 Å². The molecule has 1 aliphatic rings. The van der Waals surface area contributed by atoms with E-state index < -0.39 is 6.04 Å². The SMILES string of the molecule is COC(=O)[C@@H]1CCCN1c1cc(OC)c(O)cc1N=[N+]=[N-]. The first kappa shape index (κ1) is 14.8. The van der Waals surface area contributed by atoms with Crippen LogP contribution in [-0.2, 0) is 9.53 Å². The third-order valence-electron chi connectivity index (χ3n) is 3.46. The minimum absolute atomic E-state index is 0.127. The summed E-state index contributed by atoms with van der Waals surface area (Å²) in [6, 6.07) is 2.44. The first-order valence-corrected chi connectivity index (χ1v) is 6.43. The van der Waals surface area contributed by atoms with Crippen LogP contribution in [0.5, 0.6) is 11.5 Å². The Labute approximate surface area is 121 Å². The van der Waals surface area contributed by atoms with Crippen LogP contribution in [0.3, 0.4) is 0 Å². The monoisotopic (exact) mass is 292 g/mol. The standard InChI is InChI=1S/C13H16N4O4/c1-20-12-7-10(8(15-16-14)6-11(12)18)17-5-3-4-9(17)13(19)21-2/h6-7,9,18H,3-5H2,1-2H3/t9-/m0/s1. The van der Waals surface area contributed by atoms with Gasteiger partial charge in [-0.05, 0) is 24.4 Å². The largest absolute Gasteiger partial charge is 0.504 e. The molecule has 1 N–H and O–H groups in total. The van der Waals surface area contributed by atoms with E-state index in [0.29, 0.717) is 18.7 Å². The maximum absolute atomic E-state index is 11.8. The van der Waals surface area contributed by atoms with Crippen LogP contribution in [0.4, 0.5) is 11.4 Å². The van der Waals surface area contributed by atoms with Crippen LogP contribution < -0.4 is 9.64 Å². The van der Waals surface area contributed by atoms with Gasteiger partial charge in [0, 0.05) is 17.5 Å². The van der Waals surface area contributed by atoms with Crippen molar-refractivity contribution >= 4 is 17.3 Å². The minimum Gasteiger partial charge on any atom is -0.504 e. The van der Waals surface area contributed by atoms with Crippen molar-refractivity contribution in [2.75, 3.05) is 25.7 Å². The molecule has 1 aromatic rings. The van der Waals surface area contributed by atoms with Gasteiger partial charge in [0.25, 0.3) is 0 Å². The van der Waals surface area contributed by atoms with Crippen molar-refractivity contribution in [3.05, 3.63) is 22.6 Å². The van der Waals surface area contributed by atoms with Crippen molar-refractivity contribution in [1.29, 1.82) is 0 Å². The van der Waals surface area contributed by atoms with E-state index >= 15 is 0 Å². The van der Waals surface area contributed by atoms with E-state index in [4.69, 9.17) is 15.0 Å². The number of esters is 1. The third-order valence-corrected chi connectivity index (χ3v) is 3.46. The molecular weight excluding hydrogens is 276 g/mol. The molecular formula is C13H16N4O4. The van der Waals surface area contributed by atoms with E-state index in [-0.39, 0.29) is 23.2 Å². The molecule has 1 fully saturated rings. The summed E-state index contributed by atoms with van der Waals surface area (Å²) in [4.78, 5) is 16.4. The van der Waals surface area contributed by atoms with Crippen molar-refractivity contribution in [3.63, 3.8) is 0 Å². The number of phenolic OH excluding ortho intramolecular Hbond substituents is 1. The molecule has 2 rings (SSSR count). The number of hydrogen-bond donors (Lipinski definition) is 1. The molecule has 0 saturated carbocycles. The van der Waals surface area contributed by atoms with Crippen LogP contribution in [0.1, 0.15) is 12.8 Å². The lowest BCUT2D eigenvalue weighted by Crippen LogP contribution is -2.36. The number of aromatic hydroxyl groups is 1. The minimum atomic E-state index is -0.433. The van der Waals surface area contributed by atoms with Gasteiger partial charge in [-0.3, -0.25) is 0 Å². The zero-order chi connectivity index (χ0) is 15.4. The van der Waals surface area contributed by atoms with Gasteiger partial charge in [0.1, 0.15) is 6.04 Å². The maximum atomic E-state index is 11.8. The third kappa shape index (κ3) is 2.80. The van der Waals surface area contributed by atoms with Gasteiger partial charge >= 0.3 is 5.97 Å². The summed E-state index contributed by atoms with van der Waals surface area (Å²) >= 11 is 0. The van der Waals surface area contributed by atoms with Gasteiger partial charge < -0.3 is 19.5 Å². The molecule has 1 atom stereocenters. The smallest absolute Gasteiger partial charge is 0.328 e. The number of phenols is 1. The Bertz CT molecular complexity index is 598. The Morgan fingerprint density at radius 2 is 2.29 bits per heavy atom. The highest BCUT2D eigenvalue weighted by Gasteiger charge is 2.33. The zero-order valence-electron chi connectivity index (χ0n) is 11.8. The highest BCUT2D eigenvalue weighted by Crippen LogP contribution is 2.42. The first-order valence-electron chi connectivity index (χ1n) is 6.43. The van der Waals surface area contributed by atoms with Gasteiger partial charge in [-0.25, -0.2) is 4.79 Å². The molecule has 0 radical (unpaired) electrons. The molecule has 8 nitrogen and oxygen atoms in total. The molecule has 21 heavy (non-hydrogen) atoms. The molecule has 0 unspecified atom stereocenters. The molecule has 0 spiro atoms. The second-order valence-corrected chi connectivity index (χ2v) is 4.58. The molecule has 0 bridgehead atoms. The van der Waals surface area contributed by atoms with E-state index in [0.717, 1.165) is 6.42 Å². The Balaban J connectivity index is 2.50. The normalized spacial score (nSPS) is 17.2. The van der Waals surface area contributed by atoms with Crippen LogP contribution in [0.15, 0.2) is 17.2 Å². The molecule has 112 valence electrons. The van der Waals surface area contributed by atoms with Gasteiger partial charge in [-0.2, -0.15) is 0 Å². The summed E-state index contributed by atoms with van der Waals surface area (Å²) in [7, 11) is 2.76. The highest BCUT2D eigenvalue weighted by molar-refractivity contribution is 5.84. The second-order valence-electron chi connectivity index (χ2n) is 4.58. The number of benzene rings is 1. The number of carbonyl (C=O) groups excluding carboxylic acids is 1. The van der Waals surface area contributed by atoms with Crippen LogP contribution in [0.25, 0.3) is 10.4 Å². The van der Waals surface area contributed by atoms with Crippen molar-refractivity contribution in [3.8, 4) is 11.5 Å². The van der Waals surface area contributed by atoms with Crippen molar-refractivity contribution in [2.45, 2.75) is 18.9 Å². The van der Waals surface area contributed by atoms with E-state index in [1.165, 1.54) is 20.3 Å². The average Bonchev–Trinajstić information content (AvgIpc) is 2.96. The fourth-order valence-electron chi connectivity index (χ4n) is 2.50. The summed E-state index contributed by atoms with van der Waals surface area (Å²) in [6.07, 6.45) is 1.48. The molecule has 1 aliphatic heterocycles. The number of azide groups is 1. The van der Waals surface area contributed by atoms with Crippen molar-refractivity contribution in [2.24, 2.45) is 5.11 Å². The maximum Gasteiger partial charge on any atom is 0.328 e. The topological polar surface area (TPSA) is 108 Å². The number of hydrogen-bond acceptors (Lipinski definition) is 6. The number of rotatable bonds is 4. The summed E-state index contributed by atoms with van der Waals surface area (Å²) in [6.45, 7) is 0.627. The van der Waals surface area contributed by atoms with Crippen molar-refractivity contribution < 1.29 is 19.4 Å². The first-order chi connectivity index (χ1) is 10.1. The van der Waals surface area contributed by atoms with Crippen LogP contribution in [0.2, 0.25) is 0 Å². The summed E-state index contributed by atoms with van der Waals surface area (Å²) < 4.78 is 9.87. The average molecular weight is 292 g/mol. The highest BCUT2D eigenvalue weighted by atomic mass is 16.5. The molecule has 1 aromatic carbocycles. The number of carbonyl (C=O) groups is 1. The van der Waals surface area contributed by atoms with Crippen LogP contribution >= 0.6 is 0 Å². The summed E-state index contributed by atoms with van der Waals surface area (Å²) in [5.41, 5.74) is 9.44. The van der Waals surface area contributed by atoms with E-state index in [9.17, 15) is 9.90 Å². The van der Waals surface area contributed by atoms with Gasteiger partial charge in [0.2, 0.25) is 0 Å². The summed E-state index contributed by atoms with van der Waals surface area (Å²) in [5, 5.41) is 13.4.